The van der Waals surface area contributed by atoms with Crippen molar-refractivity contribution >= 4 is 17.5 Å². The summed E-state index contributed by atoms with van der Waals surface area (Å²) in [6, 6.07) is 7.67. The van der Waals surface area contributed by atoms with E-state index >= 15 is 0 Å². The van der Waals surface area contributed by atoms with E-state index in [0.29, 0.717) is 17.5 Å². The molecule has 0 atom stereocenters. The lowest BCUT2D eigenvalue weighted by Crippen LogP contribution is -2.20. The van der Waals surface area contributed by atoms with Crippen LogP contribution in [0.4, 0.5) is 11.6 Å². The van der Waals surface area contributed by atoms with Crippen molar-refractivity contribution < 1.29 is 9.21 Å². The lowest BCUT2D eigenvalue weighted by atomic mass is 10.0. The molecule has 2 N–H and O–H groups in total. The summed E-state index contributed by atoms with van der Waals surface area (Å²) in [4.78, 5) is 13.3. The highest BCUT2D eigenvalue weighted by molar-refractivity contribution is 6.01. The van der Waals surface area contributed by atoms with Crippen molar-refractivity contribution in [3.63, 3.8) is 0 Å². The summed E-state index contributed by atoms with van der Waals surface area (Å²) in [6.45, 7) is 0. The van der Waals surface area contributed by atoms with Gasteiger partial charge in [-0.1, -0.05) is 6.07 Å². The topological polar surface area (TPSA) is 83.3 Å². The van der Waals surface area contributed by atoms with Crippen LogP contribution in [0.15, 0.2) is 28.9 Å². The molecule has 5 heteroatoms. The third-order valence-corrected chi connectivity index (χ3v) is 3.40. The molecule has 5 nitrogen and oxygen atoms in total. The van der Waals surface area contributed by atoms with Gasteiger partial charge in [0.2, 0.25) is 11.8 Å². The third-order valence-electron chi connectivity index (χ3n) is 3.40. The molecule has 3 rings (SSSR count). The lowest BCUT2D eigenvalue weighted by molar-refractivity contribution is -0.117. The van der Waals surface area contributed by atoms with Gasteiger partial charge in [-0.15, -0.1) is 0 Å². The Balaban J connectivity index is 2.12. The molecule has 0 saturated carbocycles. The molecule has 0 aliphatic carbocycles. The monoisotopic (exact) mass is 253 g/mol. The van der Waals surface area contributed by atoms with Crippen molar-refractivity contribution in [1.29, 1.82) is 5.26 Å². The minimum absolute atomic E-state index is 0.0689. The third kappa shape index (κ3) is 1.58. The number of hydrogen-bond donors (Lipinski definition) is 1. The molecule has 2 heterocycles. The zero-order chi connectivity index (χ0) is 13.6. The van der Waals surface area contributed by atoms with E-state index in [1.54, 1.807) is 11.9 Å². The van der Waals surface area contributed by atoms with E-state index in [2.05, 4.69) is 0 Å². The van der Waals surface area contributed by atoms with Gasteiger partial charge in [0.1, 0.15) is 17.9 Å². The normalized spacial score (nSPS) is 13.5. The van der Waals surface area contributed by atoms with E-state index in [0.717, 1.165) is 16.8 Å². The van der Waals surface area contributed by atoms with Crippen LogP contribution < -0.4 is 10.6 Å². The minimum Gasteiger partial charge on any atom is -0.447 e. The standard InChI is InChI=1S/C14H11N3O2/c1-17-12-3-2-8(4-9(12)5-13(17)18)11-7-19-14(16)10(11)6-15/h2-4,7H,5,16H2,1H3. The maximum absolute atomic E-state index is 11.6. The van der Waals surface area contributed by atoms with E-state index in [9.17, 15) is 4.79 Å². The number of benzene rings is 1. The second kappa shape index (κ2) is 3.89. The molecule has 19 heavy (non-hydrogen) atoms. The molecule has 1 aromatic carbocycles. The molecule has 0 fully saturated rings. The average Bonchev–Trinajstić information content (AvgIpc) is 2.90. The summed E-state index contributed by atoms with van der Waals surface area (Å²) in [5, 5.41) is 9.07. The van der Waals surface area contributed by atoms with Crippen LogP contribution in [-0.4, -0.2) is 13.0 Å². The highest BCUT2D eigenvalue weighted by Crippen LogP contribution is 2.35. The first-order valence-electron chi connectivity index (χ1n) is 5.78. The fourth-order valence-electron chi connectivity index (χ4n) is 2.34. The maximum atomic E-state index is 11.6. The molecule has 1 amide bonds. The highest BCUT2D eigenvalue weighted by atomic mass is 16.3. The van der Waals surface area contributed by atoms with Crippen molar-refractivity contribution in [2.24, 2.45) is 0 Å². The largest absolute Gasteiger partial charge is 0.447 e. The molecule has 0 spiro atoms. The number of rotatable bonds is 1. The summed E-state index contributed by atoms with van der Waals surface area (Å²) < 4.78 is 5.08. The van der Waals surface area contributed by atoms with Crippen LogP contribution in [-0.2, 0) is 11.2 Å². The van der Waals surface area contributed by atoms with Crippen LogP contribution in [0, 0.1) is 11.3 Å². The summed E-state index contributed by atoms with van der Waals surface area (Å²) in [5.41, 5.74) is 9.27. The number of hydrogen-bond acceptors (Lipinski definition) is 4. The summed E-state index contributed by atoms with van der Waals surface area (Å²) in [5.74, 6) is 0.186. The Bertz CT molecular complexity index is 725. The Kier molecular flexibility index (Phi) is 2.32. The van der Waals surface area contributed by atoms with Crippen LogP contribution in [0.25, 0.3) is 11.1 Å². The van der Waals surface area contributed by atoms with E-state index in [-0.39, 0.29) is 11.8 Å². The van der Waals surface area contributed by atoms with Gasteiger partial charge in [-0.25, -0.2) is 0 Å². The van der Waals surface area contributed by atoms with E-state index in [1.807, 2.05) is 24.3 Å². The highest BCUT2D eigenvalue weighted by Gasteiger charge is 2.24. The van der Waals surface area contributed by atoms with Crippen LogP contribution in [0.2, 0.25) is 0 Å². The molecule has 2 aromatic rings. The molecule has 0 bridgehead atoms. The Morgan fingerprint density at radius 2 is 2.26 bits per heavy atom. The van der Waals surface area contributed by atoms with Gasteiger partial charge < -0.3 is 15.1 Å². The van der Waals surface area contributed by atoms with Gasteiger partial charge in [-0.2, -0.15) is 5.26 Å². The van der Waals surface area contributed by atoms with Crippen LogP contribution >= 0.6 is 0 Å². The predicted octanol–water partition coefficient (Wildman–Crippen LogP) is 1.92. The molecule has 1 aliphatic rings. The molecular formula is C14H11N3O2. The van der Waals surface area contributed by atoms with Crippen molar-refractivity contribution in [1.82, 2.24) is 0 Å². The number of anilines is 2. The van der Waals surface area contributed by atoms with Gasteiger partial charge in [0.25, 0.3) is 0 Å². The molecule has 94 valence electrons. The number of likely N-dealkylation sites (N-methyl/N-ethyl adjacent to an activating group) is 1. The van der Waals surface area contributed by atoms with Gasteiger partial charge in [-0.05, 0) is 23.3 Å². The van der Waals surface area contributed by atoms with Crippen LogP contribution in [0.1, 0.15) is 11.1 Å². The predicted molar refractivity (Wildman–Crippen MR) is 70.4 cm³/mol. The number of carbonyl (C=O) groups is 1. The first-order valence-corrected chi connectivity index (χ1v) is 5.78. The summed E-state index contributed by atoms with van der Waals surface area (Å²) in [6.07, 6.45) is 1.85. The first kappa shape index (κ1) is 11.4. The fourth-order valence-corrected chi connectivity index (χ4v) is 2.34. The summed E-state index contributed by atoms with van der Waals surface area (Å²) in [7, 11) is 1.75. The first-order chi connectivity index (χ1) is 9.11. The minimum atomic E-state index is 0.0689. The summed E-state index contributed by atoms with van der Waals surface area (Å²) >= 11 is 0. The number of nitrogen functional groups attached to an aromatic ring is 1. The lowest BCUT2D eigenvalue weighted by Gasteiger charge is -2.10. The molecule has 1 aliphatic heterocycles. The quantitative estimate of drug-likeness (QED) is 0.841. The number of furan rings is 1. The number of amides is 1. The van der Waals surface area contributed by atoms with Crippen molar-refractivity contribution in [2.75, 3.05) is 17.7 Å². The molecule has 0 radical (unpaired) electrons. The second-order valence-corrected chi connectivity index (χ2v) is 4.47. The number of nitrogens with two attached hydrogens (primary N) is 1. The van der Waals surface area contributed by atoms with Crippen molar-refractivity contribution in [3.05, 3.63) is 35.6 Å². The SMILES string of the molecule is CN1C(=O)Cc2cc(-c3coc(N)c3C#N)ccc21. The second-order valence-electron chi connectivity index (χ2n) is 4.47. The Labute approximate surface area is 109 Å². The van der Waals surface area contributed by atoms with Gasteiger partial charge >= 0.3 is 0 Å². The smallest absolute Gasteiger partial charge is 0.231 e. The van der Waals surface area contributed by atoms with Gasteiger partial charge in [0.15, 0.2) is 0 Å². The molecule has 1 aromatic heterocycles. The van der Waals surface area contributed by atoms with Crippen LogP contribution in [0.5, 0.6) is 0 Å². The fraction of sp³-hybridized carbons (Fsp3) is 0.143. The maximum Gasteiger partial charge on any atom is 0.231 e. The Hall–Kier alpha value is -2.74. The zero-order valence-corrected chi connectivity index (χ0v) is 10.3. The molecule has 0 saturated heterocycles. The van der Waals surface area contributed by atoms with Crippen molar-refractivity contribution in [2.45, 2.75) is 6.42 Å². The molecular weight excluding hydrogens is 242 g/mol. The van der Waals surface area contributed by atoms with Gasteiger partial charge in [0.05, 0.1) is 6.42 Å². The van der Waals surface area contributed by atoms with Gasteiger partial charge in [-0.3, -0.25) is 4.79 Å². The zero-order valence-electron chi connectivity index (χ0n) is 10.3. The van der Waals surface area contributed by atoms with Crippen LogP contribution in [0.3, 0.4) is 0 Å². The van der Waals surface area contributed by atoms with Gasteiger partial charge in [0, 0.05) is 18.3 Å². The molecule has 0 unspecified atom stereocenters. The number of nitriles is 1. The Morgan fingerprint density at radius 3 is 3.00 bits per heavy atom. The average molecular weight is 253 g/mol. The van der Waals surface area contributed by atoms with Crippen molar-refractivity contribution in [3.8, 4) is 17.2 Å². The Morgan fingerprint density at radius 1 is 1.47 bits per heavy atom. The number of fused-ring (bicyclic) bond motifs is 1. The van der Waals surface area contributed by atoms with E-state index in [1.165, 1.54) is 6.26 Å². The van der Waals surface area contributed by atoms with E-state index < -0.39 is 0 Å². The number of carbonyl (C=O) groups excluding carboxylic acids is 1. The number of nitrogens with zero attached hydrogens (tertiary/aromatic N) is 2. The van der Waals surface area contributed by atoms with E-state index in [4.69, 9.17) is 15.4 Å².